The number of benzene rings is 2. The van der Waals surface area contributed by atoms with Gasteiger partial charge in [-0.15, -0.1) is 5.10 Å². The van der Waals surface area contributed by atoms with Gasteiger partial charge in [0.25, 0.3) is 0 Å². The number of hydrogen-bond acceptors (Lipinski definition) is 6. The normalized spacial score (nSPS) is 16.9. The first-order valence-corrected chi connectivity index (χ1v) is 11.2. The number of thiocarbonyl (C=S) groups is 1. The van der Waals surface area contributed by atoms with E-state index in [2.05, 4.69) is 32.4 Å². The third-order valence-electron chi connectivity index (χ3n) is 5.43. The minimum Gasteiger partial charge on any atom is -0.468 e. The number of allylic oxidation sites excluding steroid dienone is 3. The summed E-state index contributed by atoms with van der Waals surface area (Å²) in [5.41, 5.74) is 6.20. The highest BCUT2D eigenvalue weighted by atomic mass is 32.1. The molecule has 34 heavy (non-hydrogen) atoms. The van der Waals surface area contributed by atoms with E-state index in [-0.39, 0.29) is 18.5 Å². The minimum atomic E-state index is -0.449. The van der Waals surface area contributed by atoms with Crippen LogP contribution in [0.1, 0.15) is 34.5 Å². The molecule has 0 bridgehead atoms. The van der Waals surface area contributed by atoms with E-state index in [4.69, 9.17) is 17.0 Å². The molecule has 0 radical (unpaired) electrons. The first-order valence-electron chi connectivity index (χ1n) is 10.8. The number of rotatable bonds is 4. The van der Waals surface area contributed by atoms with Crippen molar-refractivity contribution in [1.82, 2.24) is 25.6 Å². The van der Waals surface area contributed by atoms with Crippen molar-refractivity contribution in [3.8, 4) is 11.8 Å². The maximum Gasteiger partial charge on any atom is 0.309 e. The summed E-state index contributed by atoms with van der Waals surface area (Å²) in [6, 6.07) is 19.6. The lowest BCUT2D eigenvalue weighted by molar-refractivity contribution is 0.0718. The Kier molecular flexibility index (Phi) is 5.93. The number of carbonyl (C=O) groups is 1. The Morgan fingerprint density at radius 3 is 2.68 bits per heavy atom. The number of H-pyrrole nitrogens is 1. The fraction of sp³-hybridized carbons (Fsp3) is 0.154. The van der Waals surface area contributed by atoms with Gasteiger partial charge >= 0.3 is 5.91 Å². The summed E-state index contributed by atoms with van der Waals surface area (Å²) >= 11 is 5.66. The molecule has 5 rings (SSSR count). The van der Waals surface area contributed by atoms with Crippen LogP contribution in [0.2, 0.25) is 0 Å². The van der Waals surface area contributed by atoms with E-state index in [1.54, 1.807) is 5.01 Å². The summed E-state index contributed by atoms with van der Waals surface area (Å²) in [4.78, 5) is 17.9. The van der Waals surface area contributed by atoms with Crippen molar-refractivity contribution < 1.29 is 9.53 Å². The summed E-state index contributed by atoms with van der Waals surface area (Å²) in [7, 11) is 0. The molecule has 2 aliphatic rings. The topological polar surface area (TPSA) is 83.1 Å². The molecular weight excluding hydrogens is 446 g/mol. The molecule has 2 heterocycles. The predicted molar refractivity (Wildman–Crippen MR) is 131 cm³/mol. The van der Waals surface area contributed by atoms with Crippen molar-refractivity contribution in [2.75, 3.05) is 6.73 Å². The SMILES string of the molecule is C[C@H]1C=C(C#Cc2ccccc2)C2=C(C1=S)N(NC(=O)c1n[nH]c(Cc3ccccc3)n1)CO2. The second-order valence-electron chi connectivity index (χ2n) is 7.94. The highest BCUT2D eigenvalue weighted by molar-refractivity contribution is 7.80. The largest absolute Gasteiger partial charge is 0.468 e. The Hall–Kier alpha value is -4.22. The van der Waals surface area contributed by atoms with Crippen molar-refractivity contribution in [2.45, 2.75) is 13.3 Å². The van der Waals surface area contributed by atoms with Crippen molar-refractivity contribution in [3.05, 3.63) is 107 Å². The number of aromatic nitrogens is 3. The van der Waals surface area contributed by atoms with E-state index in [1.165, 1.54) is 0 Å². The van der Waals surface area contributed by atoms with Crippen LogP contribution in [0.3, 0.4) is 0 Å². The monoisotopic (exact) mass is 467 g/mol. The summed E-state index contributed by atoms with van der Waals surface area (Å²) in [6.07, 6.45) is 2.55. The number of aromatic amines is 1. The van der Waals surface area contributed by atoms with E-state index in [0.29, 0.717) is 28.6 Å². The Balaban J connectivity index is 1.33. The van der Waals surface area contributed by atoms with Gasteiger partial charge in [-0.05, 0) is 17.7 Å². The van der Waals surface area contributed by atoms with Crippen molar-refractivity contribution >= 4 is 23.0 Å². The van der Waals surface area contributed by atoms with Crippen LogP contribution >= 0.6 is 12.2 Å². The second kappa shape index (κ2) is 9.33. The Morgan fingerprint density at radius 2 is 1.91 bits per heavy atom. The third kappa shape index (κ3) is 4.47. The maximum absolute atomic E-state index is 12.9. The zero-order valence-corrected chi connectivity index (χ0v) is 19.2. The second-order valence-corrected chi connectivity index (χ2v) is 8.38. The number of hydrazine groups is 1. The minimum absolute atomic E-state index is 0.0316. The van der Waals surface area contributed by atoms with Crippen LogP contribution < -0.4 is 5.43 Å². The number of amides is 1. The Morgan fingerprint density at radius 1 is 1.18 bits per heavy atom. The van der Waals surface area contributed by atoms with Gasteiger partial charge in [0.15, 0.2) is 12.5 Å². The van der Waals surface area contributed by atoms with Crippen LogP contribution in [0.5, 0.6) is 0 Å². The molecule has 7 nitrogen and oxygen atoms in total. The molecule has 0 saturated carbocycles. The van der Waals surface area contributed by atoms with Gasteiger partial charge in [0.1, 0.15) is 11.5 Å². The molecule has 0 saturated heterocycles. The van der Waals surface area contributed by atoms with Gasteiger partial charge in [0, 0.05) is 17.9 Å². The fourth-order valence-corrected chi connectivity index (χ4v) is 4.01. The molecule has 1 amide bonds. The summed E-state index contributed by atoms with van der Waals surface area (Å²) in [6.45, 7) is 2.12. The highest BCUT2D eigenvalue weighted by Gasteiger charge is 2.35. The Labute approximate surface area is 202 Å². The molecule has 2 aromatic carbocycles. The van der Waals surface area contributed by atoms with Crippen LogP contribution in [-0.4, -0.2) is 37.7 Å². The molecule has 1 aromatic heterocycles. The summed E-state index contributed by atoms with van der Waals surface area (Å²) < 4.78 is 5.89. The maximum atomic E-state index is 12.9. The molecule has 168 valence electrons. The molecule has 0 unspecified atom stereocenters. The number of carbonyl (C=O) groups excluding carboxylic acids is 1. The van der Waals surface area contributed by atoms with Gasteiger partial charge in [0.2, 0.25) is 5.82 Å². The van der Waals surface area contributed by atoms with Gasteiger partial charge in [-0.2, -0.15) is 0 Å². The summed E-state index contributed by atoms with van der Waals surface area (Å²) in [5, 5.41) is 8.50. The Bertz CT molecular complexity index is 1370. The first kappa shape index (κ1) is 21.6. The average molecular weight is 468 g/mol. The number of nitrogens with one attached hydrogen (secondary N) is 2. The van der Waals surface area contributed by atoms with Crippen molar-refractivity contribution in [3.63, 3.8) is 0 Å². The standard InChI is InChI=1S/C26H21N5O2S/c1-17-14-20(13-12-18-8-4-2-5-9-18)23-22(24(17)34)31(16-33-23)30-26(32)25-27-21(28-29-25)15-19-10-6-3-7-11-19/h2-11,14,17H,15-16H2,1H3,(H,30,32)(H,27,28,29)/t17-/m0/s1. The van der Waals surface area contributed by atoms with Gasteiger partial charge in [0.05, 0.1) is 10.4 Å². The van der Waals surface area contributed by atoms with Gasteiger partial charge < -0.3 is 4.74 Å². The van der Waals surface area contributed by atoms with Crippen LogP contribution in [-0.2, 0) is 11.2 Å². The first-order chi connectivity index (χ1) is 16.6. The zero-order valence-electron chi connectivity index (χ0n) is 18.4. The lowest BCUT2D eigenvalue weighted by Gasteiger charge is -2.24. The quantitative estimate of drug-likeness (QED) is 0.451. The molecule has 1 aliphatic carbocycles. The van der Waals surface area contributed by atoms with Gasteiger partial charge in [-0.1, -0.05) is 85.6 Å². The van der Waals surface area contributed by atoms with E-state index in [9.17, 15) is 4.79 Å². The van der Waals surface area contributed by atoms with E-state index in [0.717, 1.165) is 16.7 Å². The van der Waals surface area contributed by atoms with Crippen LogP contribution in [0, 0.1) is 17.8 Å². The molecule has 0 spiro atoms. The van der Waals surface area contributed by atoms with Gasteiger partial charge in [-0.3, -0.25) is 15.3 Å². The number of nitrogens with zero attached hydrogens (tertiary/aromatic N) is 3. The summed E-state index contributed by atoms with van der Waals surface area (Å²) in [5.74, 6) is 7.11. The van der Waals surface area contributed by atoms with Crippen LogP contribution in [0.25, 0.3) is 0 Å². The smallest absolute Gasteiger partial charge is 0.309 e. The van der Waals surface area contributed by atoms with Gasteiger partial charge in [-0.25, -0.2) is 9.99 Å². The fourth-order valence-electron chi connectivity index (χ4n) is 3.74. The third-order valence-corrected chi connectivity index (χ3v) is 6.00. The van der Waals surface area contributed by atoms with Crippen LogP contribution in [0.15, 0.2) is 83.8 Å². The molecule has 1 atom stereocenters. The molecule has 0 fully saturated rings. The average Bonchev–Trinajstić information content (AvgIpc) is 3.49. The lowest BCUT2D eigenvalue weighted by Crippen LogP contribution is -2.43. The molecule has 1 aliphatic heterocycles. The number of ether oxygens (including phenoxy) is 1. The number of hydrogen-bond donors (Lipinski definition) is 2. The van der Waals surface area contributed by atoms with Crippen molar-refractivity contribution in [1.29, 1.82) is 0 Å². The molecule has 3 aromatic rings. The predicted octanol–water partition coefficient (Wildman–Crippen LogP) is 3.54. The molecule has 8 heteroatoms. The van der Waals surface area contributed by atoms with Crippen molar-refractivity contribution in [2.24, 2.45) is 5.92 Å². The van der Waals surface area contributed by atoms with Crippen LogP contribution in [0.4, 0.5) is 0 Å². The molecular formula is C26H21N5O2S. The highest BCUT2D eigenvalue weighted by Crippen LogP contribution is 2.33. The lowest BCUT2D eigenvalue weighted by atomic mass is 9.93. The zero-order chi connectivity index (χ0) is 23.5. The van der Waals surface area contributed by atoms with E-state index >= 15 is 0 Å². The van der Waals surface area contributed by atoms with E-state index in [1.807, 2.05) is 73.7 Å². The van der Waals surface area contributed by atoms with E-state index < -0.39 is 5.91 Å². The molecule has 2 N–H and O–H groups in total.